The summed E-state index contributed by atoms with van der Waals surface area (Å²) in [6, 6.07) is 6.08. The van der Waals surface area contributed by atoms with Gasteiger partial charge in [0.05, 0.1) is 16.7 Å². The van der Waals surface area contributed by atoms with Crippen molar-refractivity contribution < 1.29 is 0 Å². The molecule has 0 atom stereocenters. The highest BCUT2D eigenvalue weighted by Gasteiger charge is 2.16. The minimum atomic E-state index is 0.281. The summed E-state index contributed by atoms with van der Waals surface area (Å²) < 4.78 is 1.84. The molecule has 23 heavy (non-hydrogen) atoms. The molecule has 1 N–H and O–H groups in total. The number of hydrogen-bond donors (Lipinski definition) is 1. The van der Waals surface area contributed by atoms with E-state index in [0.717, 1.165) is 39.1 Å². The molecule has 0 saturated heterocycles. The topological polar surface area (TPSA) is 58.9 Å². The largest absolute Gasteiger partial charge is 0.276 e. The van der Waals surface area contributed by atoms with Crippen LogP contribution in [0.2, 0.25) is 5.02 Å². The van der Waals surface area contributed by atoms with Crippen LogP contribution in [0, 0.1) is 6.92 Å². The number of aromatic amines is 1. The Balaban J connectivity index is 2.04. The van der Waals surface area contributed by atoms with Crippen LogP contribution >= 0.6 is 11.6 Å². The zero-order chi connectivity index (χ0) is 16.1. The van der Waals surface area contributed by atoms with Crippen molar-refractivity contribution in [3.8, 4) is 11.1 Å². The van der Waals surface area contributed by atoms with Crippen molar-refractivity contribution in [2.45, 2.75) is 26.7 Å². The van der Waals surface area contributed by atoms with Gasteiger partial charge in [0.25, 0.3) is 0 Å². The van der Waals surface area contributed by atoms with E-state index in [1.165, 1.54) is 0 Å². The van der Waals surface area contributed by atoms with Crippen LogP contribution in [-0.4, -0.2) is 24.8 Å². The van der Waals surface area contributed by atoms with Gasteiger partial charge in [-0.2, -0.15) is 10.2 Å². The van der Waals surface area contributed by atoms with Gasteiger partial charge in [0.1, 0.15) is 0 Å². The molecule has 0 aliphatic rings. The van der Waals surface area contributed by atoms with Crippen molar-refractivity contribution in [2.24, 2.45) is 0 Å². The van der Waals surface area contributed by atoms with Gasteiger partial charge >= 0.3 is 0 Å². The lowest BCUT2D eigenvalue weighted by atomic mass is 10.0. The van der Waals surface area contributed by atoms with E-state index in [1.54, 1.807) is 6.20 Å². The molecule has 0 unspecified atom stereocenters. The van der Waals surface area contributed by atoms with Gasteiger partial charge < -0.3 is 0 Å². The minimum absolute atomic E-state index is 0.281. The van der Waals surface area contributed by atoms with Crippen LogP contribution in [0.1, 0.15) is 31.2 Å². The third-order valence-electron chi connectivity index (χ3n) is 4.04. The van der Waals surface area contributed by atoms with Gasteiger partial charge in [-0.15, -0.1) is 0 Å². The van der Waals surface area contributed by atoms with E-state index >= 15 is 0 Å². The van der Waals surface area contributed by atoms with Crippen LogP contribution in [0.5, 0.6) is 0 Å². The second-order valence-corrected chi connectivity index (χ2v) is 6.47. The van der Waals surface area contributed by atoms with Crippen molar-refractivity contribution in [1.29, 1.82) is 0 Å². The number of aromatic nitrogens is 5. The van der Waals surface area contributed by atoms with Gasteiger partial charge in [-0.3, -0.25) is 5.10 Å². The highest BCUT2D eigenvalue weighted by molar-refractivity contribution is 6.35. The number of nitrogens with one attached hydrogen (secondary N) is 1. The number of pyridine rings is 1. The first-order valence-corrected chi connectivity index (χ1v) is 7.91. The predicted molar refractivity (Wildman–Crippen MR) is 91.9 cm³/mol. The SMILES string of the molecule is Cc1ccn2nc(C(C)C)nc2c1-c1cc(Cl)c2[nH]ncc2c1. The number of rotatable bonds is 2. The number of hydrogen-bond acceptors (Lipinski definition) is 3. The van der Waals surface area contributed by atoms with E-state index in [2.05, 4.69) is 48.2 Å². The monoisotopic (exact) mass is 325 g/mol. The number of H-pyrrole nitrogens is 1. The molecule has 4 rings (SSSR count). The van der Waals surface area contributed by atoms with E-state index in [-0.39, 0.29) is 5.92 Å². The highest BCUT2D eigenvalue weighted by Crippen LogP contribution is 2.33. The van der Waals surface area contributed by atoms with Crippen LogP contribution in [0.4, 0.5) is 0 Å². The number of fused-ring (bicyclic) bond motifs is 2. The summed E-state index contributed by atoms with van der Waals surface area (Å²) in [5, 5.41) is 13.2. The standard InChI is InChI=1S/C17H16ClN5/c1-9(2)16-20-17-14(10(3)4-5-23(17)22-16)11-6-12-8-19-21-15(12)13(18)7-11/h4-9H,1-3H3,(H,19,21). The average Bonchev–Trinajstić information content (AvgIpc) is 3.13. The number of nitrogens with zero attached hydrogens (tertiary/aromatic N) is 4. The van der Waals surface area contributed by atoms with Gasteiger partial charge in [-0.1, -0.05) is 25.4 Å². The minimum Gasteiger partial charge on any atom is -0.276 e. The molecular weight excluding hydrogens is 310 g/mol. The Morgan fingerprint density at radius 1 is 1.26 bits per heavy atom. The fraction of sp³-hybridized carbons (Fsp3) is 0.235. The van der Waals surface area contributed by atoms with Gasteiger partial charge in [0.15, 0.2) is 11.5 Å². The first-order valence-electron chi connectivity index (χ1n) is 7.53. The Morgan fingerprint density at radius 3 is 2.87 bits per heavy atom. The Hall–Kier alpha value is -2.40. The second kappa shape index (κ2) is 5.06. The van der Waals surface area contributed by atoms with Gasteiger partial charge in [0, 0.05) is 23.1 Å². The van der Waals surface area contributed by atoms with Crippen molar-refractivity contribution in [3.05, 3.63) is 47.0 Å². The molecule has 6 heteroatoms. The molecule has 0 aliphatic carbocycles. The summed E-state index contributed by atoms with van der Waals surface area (Å²) in [7, 11) is 0. The Kier molecular flexibility index (Phi) is 3.13. The van der Waals surface area contributed by atoms with Gasteiger partial charge in [-0.25, -0.2) is 9.50 Å². The van der Waals surface area contributed by atoms with Gasteiger partial charge in [-0.05, 0) is 36.2 Å². The van der Waals surface area contributed by atoms with Crippen molar-refractivity contribution in [2.75, 3.05) is 0 Å². The average molecular weight is 326 g/mol. The van der Waals surface area contributed by atoms with Crippen LogP contribution in [0.15, 0.2) is 30.6 Å². The molecule has 0 saturated carbocycles. The molecule has 5 nitrogen and oxygen atoms in total. The maximum Gasteiger partial charge on any atom is 0.163 e. The normalized spacial score (nSPS) is 11.9. The molecule has 1 aromatic carbocycles. The summed E-state index contributed by atoms with van der Waals surface area (Å²) in [6.45, 7) is 6.26. The molecule has 0 aliphatic heterocycles. The van der Waals surface area contributed by atoms with Crippen LogP contribution in [-0.2, 0) is 0 Å². The zero-order valence-corrected chi connectivity index (χ0v) is 13.9. The molecule has 0 spiro atoms. The quantitative estimate of drug-likeness (QED) is 0.595. The lowest BCUT2D eigenvalue weighted by Crippen LogP contribution is -1.93. The molecule has 3 aromatic heterocycles. The smallest absolute Gasteiger partial charge is 0.163 e. The molecule has 116 valence electrons. The lowest BCUT2D eigenvalue weighted by molar-refractivity contribution is 0.765. The van der Waals surface area contributed by atoms with E-state index in [0.29, 0.717) is 5.02 Å². The van der Waals surface area contributed by atoms with E-state index < -0.39 is 0 Å². The Bertz CT molecular complexity index is 1030. The first-order chi connectivity index (χ1) is 11.0. The van der Waals surface area contributed by atoms with Crippen molar-refractivity contribution in [1.82, 2.24) is 24.8 Å². The fourth-order valence-corrected chi connectivity index (χ4v) is 3.08. The maximum absolute atomic E-state index is 6.40. The fourth-order valence-electron chi connectivity index (χ4n) is 2.82. The third-order valence-corrected chi connectivity index (χ3v) is 4.34. The van der Waals surface area contributed by atoms with E-state index in [9.17, 15) is 0 Å². The lowest BCUT2D eigenvalue weighted by Gasteiger charge is -2.08. The summed E-state index contributed by atoms with van der Waals surface area (Å²) in [4.78, 5) is 4.73. The number of benzene rings is 1. The molecule has 0 fully saturated rings. The number of halogens is 1. The van der Waals surface area contributed by atoms with E-state index in [4.69, 9.17) is 16.6 Å². The van der Waals surface area contributed by atoms with Crippen molar-refractivity contribution >= 4 is 28.2 Å². The Labute approximate surface area is 138 Å². The van der Waals surface area contributed by atoms with Gasteiger partial charge in [0.2, 0.25) is 0 Å². The maximum atomic E-state index is 6.40. The zero-order valence-electron chi connectivity index (χ0n) is 13.1. The van der Waals surface area contributed by atoms with Crippen LogP contribution in [0.25, 0.3) is 27.7 Å². The molecule has 0 bridgehead atoms. The molecule has 4 aromatic rings. The van der Waals surface area contributed by atoms with Crippen LogP contribution < -0.4 is 0 Å². The summed E-state index contributed by atoms with van der Waals surface area (Å²) in [5.74, 6) is 1.12. The van der Waals surface area contributed by atoms with Crippen LogP contribution in [0.3, 0.4) is 0 Å². The summed E-state index contributed by atoms with van der Waals surface area (Å²) in [6.07, 6.45) is 3.73. The third kappa shape index (κ3) is 2.19. The number of aryl methyl sites for hydroxylation is 1. The summed E-state index contributed by atoms with van der Waals surface area (Å²) in [5.41, 5.74) is 4.92. The molecule has 0 radical (unpaired) electrons. The molecule has 0 amide bonds. The first kappa shape index (κ1) is 14.2. The second-order valence-electron chi connectivity index (χ2n) is 6.06. The highest BCUT2D eigenvalue weighted by atomic mass is 35.5. The van der Waals surface area contributed by atoms with E-state index in [1.807, 2.05) is 16.8 Å². The molecular formula is C17H16ClN5. The van der Waals surface area contributed by atoms with Crippen molar-refractivity contribution in [3.63, 3.8) is 0 Å². The molecule has 3 heterocycles. The Morgan fingerprint density at radius 2 is 2.09 bits per heavy atom. The summed E-state index contributed by atoms with van der Waals surface area (Å²) >= 11 is 6.40. The predicted octanol–water partition coefficient (Wildman–Crippen LogP) is 4.36.